The summed E-state index contributed by atoms with van der Waals surface area (Å²) in [5.41, 5.74) is 4.11. The van der Waals surface area contributed by atoms with Gasteiger partial charge in [-0.3, -0.25) is 28.4 Å². The van der Waals surface area contributed by atoms with Gasteiger partial charge in [-0.25, -0.2) is 45.1 Å². The van der Waals surface area contributed by atoms with E-state index in [2.05, 4.69) is 46.5 Å². The van der Waals surface area contributed by atoms with Gasteiger partial charge in [-0.2, -0.15) is 0 Å². The van der Waals surface area contributed by atoms with Crippen molar-refractivity contribution in [3.05, 3.63) is 220 Å². The summed E-state index contributed by atoms with van der Waals surface area (Å²) in [5.74, 6) is -8.51. The van der Waals surface area contributed by atoms with E-state index in [1.54, 1.807) is 71.7 Å². The average molecular weight is 1080 g/mol. The van der Waals surface area contributed by atoms with Crippen LogP contribution in [0.2, 0.25) is 0 Å². The molecule has 0 aliphatic carbocycles. The number of halogens is 9. The predicted molar refractivity (Wildman–Crippen MR) is 264 cm³/mol. The Morgan fingerprint density at radius 3 is 1.51 bits per heavy atom. The van der Waals surface area contributed by atoms with Gasteiger partial charge in [-0.1, -0.05) is 18.2 Å². The van der Waals surface area contributed by atoms with Crippen LogP contribution in [-0.2, 0) is 0 Å². The molecule has 10 aromatic rings. The first kappa shape index (κ1) is 51.8. The number of rotatable bonds is 8. The highest BCUT2D eigenvalue weighted by Gasteiger charge is 2.21. The third-order valence-corrected chi connectivity index (χ3v) is 11.8. The van der Waals surface area contributed by atoms with Gasteiger partial charge in [0.05, 0.1) is 51.4 Å². The number of imidazole rings is 2. The van der Waals surface area contributed by atoms with Crippen LogP contribution in [0.3, 0.4) is 0 Å². The number of pyridine rings is 4. The van der Waals surface area contributed by atoms with Crippen LogP contribution in [-0.4, -0.2) is 57.7 Å². The number of aromatic nitrogens is 6. The number of amides is 2. The number of benzene rings is 4. The second kappa shape index (κ2) is 22.0. The molecule has 4 N–H and O–H groups in total. The Labute approximate surface area is 423 Å². The van der Waals surface area contributed by atoms with Gasteiger partial charge in [0.15, 0.2) is 46.5 Å². The predicted octanol–water partition coefficient (Wildman–Crippen LogP) is 10.8. The van der Waals surface area contributed by atoms with Crippen LogP contribution in [0.1, 0.15) is 32.1 Å². The van der Waals surface area contributed by atoms with Gasteiger partial charge in [0, 0.05) is 75.1 Å². The largest absolute Gasteiger partial charge is 0.490 e. The summed E-state index contributed by atoms with van der Waals surface area (Å²) < 4.78 is 112. The Balaban J connectivity index is 0.000000160. The zero-order valence-electron chi connectivity index (χ0n) is 38.2. The Hall–Kier alpha value is -8.60. The Morgan fingerprint density at radius 1 is 0.514 bits per heavy atom. The average Bonchev–Trinajstić information content (AvgIpc) is 4.02. The minimum absolute atomic E-state index is 0.00998. The standard InChI is InChI=1S/C26H16F4N4O.C13H11BF2N2O3.C13H7BrF2N2/c1-14-19(26(35)33-16-7-8-20(27)22(29)11-16)10-15(12-31-14)17-5-3-9-34-23(17)13-32-25(34)18-4-2-6-21(28)24(18)30;1-7-10(4-8(6-17-7)14(20)21)13(19)18-9-2-3-11(15)12(16)5-9;14-9-4-2-6-18-11(9)7-17-13(18)8-3-1-5-10(15)12(8)16/h2-13H,1H3,(H,33,35);2-6,20-21H,1H3,(H,18,19);1-7H. The number of nitrogens with one attached hydrogen (secondary N) is 2. The zero-order valence-corrected chi connectivity index (χ0v) is 39.8. The van der Waals surface area contributed by atoms with Gasteiger partial charge in [0.2, 0.25) is 0 Å². The first-order valence-corrected chi connectivity index (χ1v) is 22.5. The molecular formula is C52H34BBrF8N8O4. The Morgan fingerprint density at radius 2 is 0.986 bits per heavy atom. The summed E-state index contributed by atoms with van der Waals surface area (Å²) in [5, 5.41) is 23.1. The van der Waals surface area contributed by atoms with Crippen LogP contribution >= 0.6 is 15.9 Å². The van der Waals surface area contributed by atoms with E-state index in [9.17, 15) is 44.7 Å². The van der Waals surface area contributed by atoms with Crippen LogP contribution in [0.25, 0.3) is 44.9 Å². The van der Waals surface area contributed by atoms with Gasteiger partial charge in [0.1, 0.15) is 11.6 Å². The Kier molecular flexibility index (Phi) is 15.4. The van der Waals surface area contributed by atoms with E-state index >= 15 is 0 Å². The Bertz CT molecular complexity index is 3790. The zero-order chi connectivity index (χ0) is 53.0. The van der Waals surface area contributed by atoms with Gasteiger partial charge in [0.25, 0.3) is 11.8 Å². The highest BCUT2D eigenvalue weighted by Crippen LogP contribution is 2.32. The third kappa shape index (κ3) is 11.1. The summed E-state index contributed by atoms with van der Waals surface area (Å²) in [7, 11) is -1.76. The van der Waals surface area contributed by atoms with E-state index in [4.69, 9.17) is 10.0 Å². The van der Waals surface area contributed by atoms with Crippen molar-refractivity contribution in [3.63, 3.8) is 0 Å². The number of hydrogen-bond donors (Lipinski definition) is 4. The molecule has 0 spiro atoms. The molecule has 22 heteroatoms. The van der Waals surface area contributed by atoms with E-state index in [1.807, 2.05) is 6.07 Å². The summed E-state index contributed by atoms with van der Waals surface area (Å²) in [6, 6.07) is 24.0. The molecule has 12 nitrogen and oxygen atoms in total. The number of aryl methyl sites for hydroxylation is 2. The number of fused-ring (bicyclic) bond motifs is 2. The molecule has 6 aromatic heterocycles. The fourth-order valence-electron chi connectivity index (χ4n) is 7.38. The third-order valence-electron chi connectivity index (χ3n) is 11.1. The highest BCUT2D eigenvalue weighted by atomic mass is 79.9. The lowest BCUT2D eigenvalue weighted by atomic mass is 9.80. The lowest BCUT2D eigenvalue weighted by molar-refractivity contribution is 0.101. The lowest BCUT2D eigenvalue weighted by Gasteiger charge is -2.11. The molecule has 0 saturated carbocycles. The maximum absolute atomic E-state index is 14.4. The maximum Gasteiger partial charge on any atom is 0.490 e. The number of carbonyl (C=O) groups excluding carboxylic acids is 2. The molecule has 74 heavy (non-hydrogen) atoms. The van der Waals surface area contributed by atoms with E-state index in [-0.39, 0.29) is 44.9 Å². The summed E-state index contributed by atoms with van der Waals surface area (Å²) in [4.78, 5) is 41.6. The van der Waals surface area contributed by atoms with Gasteiger partial charge in [-0.05, 0) is 109 Å². The van der Waals surface area contributed by atoms with Crippen molar-refractivity contribution in [1.82, 2.24) is 28.7 Å². The number of hydrogen-bond acceptors (Lipinski definition) is 8. The van der Waals surface area contributed by atoms with Gasteiger partial charge in [-0.15, -0.1) is 0 Å². The monoisotopic (exact) mass is 1080 g/mol. The molecule has 0 aliphatic heterocycles. The van der Waals surface area contributed by atoms with Crippen molar-refractivity contribution < 1.29 is 54.8 Å². The van der Waals surface area contributed by atoms with Crippen LogP contribution in [0.15, 0.2) is 151 Å². The first-order chi connectivity index (χ1) is 35.4. The minimum atomic E-state index is -1.76. The summed E-state index contributed by atoms with van der Waals surface area (Å²) in [6.45, 7) is 3.21. The van der Waals surface area contributed by atoms with Crippen molar-refractivity contribution in [2.24, 2.45) is 0 Å². The number of anilines is 2. The van der Waals surface area contributed by atoms with Crippen LogP contribution in [0.5, 0.6) is 0 Å². The number of nitrogens with zero attached hydrogens (tertiary/aromatic N) is 6. The molecule has 0 aliphatic rings. The molecule has 4 aromatic carbocycles. The normalized spacial score (nSPS) is 10.9. The van der Waals surface area contributed by atoms with E-state index in [1.165, 1.54) is 54.9 Å². The molecule has 0 radical (unpaired) electrons. The smallest absolute Gasteiger partial charge is 0.423 e. The summed E-state index contributed by atoms with van der Waals surface area (Å²) >= 11 is 3.39. The van der Waals surface area contributed by atoms with Crippen LogP contribution in [0.4, 0.5) is 46.5 Å². The quantitative estimate of drug-likeness (QED) is 0.0865. The molecule has 0 fully saturated rings. The molecule has 6 heterocycles. The fraction of sp³-hybridized carbons (Fsp3) is 0.0385. The van der Waals surface area contributed by atoms with Crippen molar-refractivity contribution in [2.45, 2.75) is 13.8 Å². The first-order valence-electron chi connectivity index (χ1n) is 21.7. The van der Waals surface area contributed by atoms with Gasteiger partial charge >= 0.3 is 7.12 Å². The van der Waals surface area contributed by atoms with Crippen molar-refractivity contribution in [2.75, 3.05) is 10.6 Å². The number of carbonyl (C=O) groups is 2. The van der Waals surface area contributed by atoms with E-state index in [0.29, 0.717) is 33.9 Å². The molecule has 2 amide bonds. The molecule has 372 valence electrons. The van der Waals surface area contributed by atoms with Crippen molar-refractivity contribution >= 4 is 62.7 Å². The SMILES string of the molecule is Cc1ncc(-c2cccn3c(-c4cccc(F)c4F)ncc23)cc1C(=O)Nc1ccc(F)c(F)c1.Cc1ncc(B(O)O)cc1C(=O)Nc1ccc(F)c(F)c1.Fc1cccc(-c2ncc3c(Br)cccn23)c1F. The van der Waals surface area contributed by atoms with Crippen molar-refractivity contribution in [3.8, 4) is 33.9 Å². The topological polar surface area (TPSA) is 159 Å². The summed E-state index contributed by atoms with van der Waals surface area (Å²) in [6.07, 6.45) is 9.37. The molecular weight excluding hydrogens is 1040 g/mol. The van der Waals surface area contributed by atoms with Crippen LogP contribution < -0.4 is 16.1 Å². The highest BCUT2D eigenvalue weighted by molar-refractivity contribution is 9.10. The molecule has 0 saturated heterocycles. The second-order valence-electron chi connectivity index (χ2n) is 16.0. The lowest BCUT2D eigenvalue weighted by Crippen LogP contribution is -2.32. The fourth-order valence-corrected chi connectivity index (χ4v) is 7.83. The van der Waals surface area contributed by atoms with Crippen LogP contribution in [0, 0.1) is 60.4 Å². The molecule has 0 atom stereocenters. The maximum atomic E-state index is 14.4. The second-order valence-corrected chi connectivity index (χ2v) is 16.8. The minimum Gasteiger partial charge on any atom is -0.423 e. The van der Waals surface area contributed by atoms with E-state index < -0.39 is 65.5 Å². The van der Waals surface area contributed by atoms with E-state index in [0.717, 1.165) is 46.4 Å². The van der Waals surface area contributed by atoms with Crippen molar-refractivity contribution in [1.29, 1.82) is 0 Å². The molecule has 10 rings (SSSR count). The molecule has 0 unspecified atom stereocenters. The van der Waals surface area contributed by atoms with Gasteiger partial charge < -0.3 is 20.7 Å². The molecule has 0 bridgehead atoms.